The normalized spacial score (nSPS) is 22.5. The second-order valence-corrected chi connectivity index (χ2v) is 6.01. The summed E-state index contributed by atoms with van der Waals surface area (Å²) in [4.78, 5) is 0. The van der Waals surface area contributed by atoms with Crippen LogP contribution in [0.15, 0.2) is 72.3 Å². The molecule has 2 aliphatic rings. The van der Waals surface area contributed by atoms with E-state index in [0.29, 0.717) is 6.42 Å². The molecule has 4 rings (SSSR count). The molecule has 0 heterocycles. The molecule has 2 N–H and O–H groups in total. The molecule has 2 atom stereocenters. The minimum Gasteiger partial charge on any atom is -0.427 e. The zero-order valence-electron chi connectivity index (χ0n) is 12.2. The number of hydrogen-bond acceptors (Lipinski definition) is 2. The molecule has 0 aromatic heterocycles. The fraction of sp³-hybridized carbons (Fsp3) is 0.158. The zero-order chi connectivity index (χ0) is 15.1. The highest BCUT2D eigenvalue weighted by molar-refractivity contribution is 6.44. The molecule has 2 unspecified atom stereocenters. The summed E-state index contributed by atoms with van der Waals surface area (Å²) in [6.45, 7) is 0. The Morgan fingerprint density at radius 3 is 2.41 bits per heavy atom. The van der Waals surface area contributed by atoms with E-state index in [0.717, 1.165) is 0 Å². The molecule has 2 aromatic carbocycles. The molecule has 0 fully saturated rings. The van der Waals surface area contributed by atoms with Gasteiger partial charge in [-0.1, -0.05) is 66.7 Å². The van der Waals surface area contributed by atoms with Crippen LogP contribution in [0.1, 0.15) is 29.0 Å². The first kappa shape index (κ1) is 13.6. The van der Waals surface area contributed by atoms with Crippen LogP contribution in [0.2, 0.25) is 5.82 Å². The lowest BCUT2D eigenvalue weighted by Crippen LogP contribution is -2.20. The summed E-state index contributed by atoms with van der Waals surface area (Å²) >= 11 is 0. The number of benzene rings is 2. The molecule has 2 nitrogen and oxygen atoms in total. The predicted octanol–water partition coefficient (Wildman–Crippen LogP) is 3.39. The van der Waals surface area contributed by atoms with Gasteiger partial charge < -0.3 is 10.0 Å². The van der Waals surface area contributed by atoms with Crippen LogP contribution in [0, 0.1) is 0 Å². The molecule has 0 radical (unpaired) electrons. The summed E-state index contributed by atoms with van der Waals surface area (Å²) in [7, 11) is -1.30. The molecule has 2 aliphatic carbocycles. The first-order chi connectivity index (χ1) is 10.8. The van der Waals surface area contributed by atoms with E-state index in [9.17, 15) is 10.0 Å². The summed E-state index contributed by atoms with van der Waals surface area (Å²) in [5.74, 6) is 0.0294. The Labute approximate surface area is 130 Å². The van der Waals surface area contributed by atoms with Gasteiger partial charge in [-0.2, -0.15) is 0 Å². The zero-order valence-corrected chi connectivity index (χ0v) is 12.2. The van der Waals surface area contributed by atoms with Gasteiger partial charge in [0, 0.05) is 11.7 Å². The lowest BCUT2D eigenvalue weighted by Gasteiger charge is -2.21. The van der Waals surface area contributed by atoms with Crippen LogP contribution >= 0.6 is 0 Å². The van der Waals surface area contributed by atoms with Crippen molar-refractivity contribution in [1.82, 2.24) is 0 Å². The van der Waals surface area contributed by atoms with Gasteiger partial charge in [0.15, 0.2) is 0 Å². The van der Waals surface area contributed by atoms with Crippen LogP contribution in [0.25, 0.3) is 5.57 Å². The second kappa shape index (κ2) is 5.27. The smallest absolute Gasteiger partial charge is 0.427 e. The molecule has 22 heavy (non-hydrogen) atoms. The van der Waals surface area contributed by atoms with Crippen LogP contribution in [-0.2, 0) is 0 Å². The fourth-order valence-corrected chi connectivity index (χ4v) is 3.69. The van der Waals surface area contributed by atoms with Crippen molar-refractivity contribution in [1.29, 1.82) is 0 Å². The van der Waals surface area contributed by atoms with Gasteiger partial charge in [0.25, 0.3) is 0 Å². The highest BCUT2D eigenvalue weighted by atomic mass is 16.4. The van der Waals surface area contributed by atoms with Crippen molar-refractivity contribution in [2.45, 2.75) is 18.2 Å². The molecule has 108 valence electrons. The van der Waals surface area contributed by atoms with E-state index < -0.39 is 7.12 Å². The van der Waals surface area contributed by atoms with Gasteiger partial charge in [0.2, 0.25) is 0 Å². The summed E-state index contributed by atoms with van der Waals surface area (Å²) < 4.78 is 0. The Bertz CT molecular complexity index is 762. The standard InChI is InChI=1S/C19H17BO2/c21-20(22)14-10-11-17-18(12-14)15-8-4-5-9-16(15)19(17)13-6-2-1-3-7-13/h1-11,14,19,21-22H,12H2. The van der Waals surface area contributed by atoms with Gasteiger partial charge in [-0.3, -0.25) is 0 Å². The van der Waals surface area contributed by atoms with E-state index in [2.05, 4.69) is 54.6 Å². The van der Waals surface area contributed by atoms with Gasteiger partial charge in [-0.25, -0.2) is 0 Å². The Morgan fingerprint density at radius 1 is 0.909 bits per heavy atom. The van der Waals surface area contributed by atoms with E-state index in [-0.39, 0.29) is 11.7 Å². The summed E-state index contributed by atoms with van der Waals surface area (Å²) in [5, 5.41) is 19.0. The maximum Gasteiger partial charge on any atom is 0.459 e. The number of hydrogen-bond donors (Lipinski definition) is 2. The van der Waals surface area contributed by atoms with Gasteiger partial charge in [0.1, 0.15) is 0 Å². The average Bonchev–Trinajstić information content (AvgIpc) is 2.89. The summed E-state index contributed by atoms with van der Waals surface area (Å²) in [5.41, 5.74) is 6.40. The molecule has 0 bridgehead atoms. The van der Waals surface area contributed by atoms with Crippen LogP contribution < -0.4 is 0 Å². The first-order valence-corrected chi connectivity index (χ1v) is 7.67. The van der Waals surface area contributed by atoms with Gasteiger partial charge in [0.05, 0.1) is 0 Å². The maximum absolute atomic E-state index is 9.51. The monoisotopic (exact) mass is 288 g/mol. The van der Waals surface area contributed by atoms with Crippen LogP contribution in [0.3, 0.4) is 0 Å². The van der Waals surface area contributed by atoms with Crippen molar-refractivity contribution in [2.24, 2.45) is 0 Å². The molecule has 0 saturated carbocycles. The lowest BCUT2D eigenvalue weighted by molar-refractivity contribution is 0.394. The van der Waals surface area contributed by atoms with Crippen molar-refractivity contribution >= 4 is 12.7 Å². The number of fused-ring (bicyclic) bond motifs is 2. The third kappa shape index (κ3) is 2.05. The van der Waals surface area contributed by atoms with Crippen molar-refractivity contribution in [3.63, 3.8) is 0 Å². The average molecular weight is 288 g/mol. The fourth-order valence-electron chi connectivity index (χ4n) is 3.69. The number of allylic oxidation sites excluding steroid dienone is 4. The highest BCUT2D eigenvalue weighted by Crippen LogP contribution is 2.51. The SMILES string of the molecule is OB(O)C1C=CC2=C(C1)c1ccccc1C2c1ccccc1. The highest BCUT2D eigenvalue weighted by Gasteiger charge is 2.35. The lowest BCUT2D eigenvalue weighted by atomic mass is 9.66. The van der Waals surface area contributed by atoms with Crippen molar-refractivity contribution in [3.05, 3.63) is 89.0 Å². The van der Waals surface area contributed by atoms with E-state index in [1.54, 1.807) is 0 Å². The summed E-state index contributed by atoms with van der Waals surface area (Å²) in [6, 6.07) is 19.0. The minimum absolute atomic E-state index is 0.221. The maximum atomic E-state index is 9.51. The van der Waals surface area contributed by atoms with E-state index in [1.165, 1.54) is 27.8 Å². The van der Waals surface area contributed by atoms with Crippen LogP contribution in [-0.4, -0.2) is 17.2 Å². The molecule has 0 spiro atoms. The van der Waals surface area contributed by atoms with Crippen molar-refractivity contribution in [3.8, 4) is 0 Å². The van der Waals surface area contributed by atoms with Crippen LogP contribution in [0.5, 0.6) is 0 Å². The molecular formula is C19H17BO2. The second-order valence-electron chi connectivity index (χ2n) is 6.01. The first-order valence-electron chi connectivity index (χ1n) is 7.67. The summed E-state index contributed by atoms with van der Waals surface area (Å²) in [6.07, 6.45) is 4.70. The number of rotatable bonds is 2. The van der Waals surface area contributed by atoms with Gasteiger partial charge >= 0.3 is 7.12 Å². The molecular weight excluding hydrogens is 271 g/mol. The van der Waals surface area contributed by atoms with E-state index >= 15 is 0 Å². The Morgan fingerprint density at radius 2 is 1.64 bits per heavy atom. The molecule has 0 aliphatic heterocycles. The predicted molar refractivity (Wildman–Crippen MR) is 89.3 cm³/mol. The molecule has 2 aromatic rings. The minimum atomic E-state index is -1.30. The quantitative estimate of drug-likeness (QED) is 0.832. The van der Waals surface area contributed by atoms with E-state index in [1.807, 2.05) is 12.1 Å². The van der Waals surface area contributed by atoms with Crippen LogP contribution in [0.4, 0.5) is 0 Å². The van der Waals surface area contributed by atoms with Crippen molar-refractivity contribution in [2.75, 3.05) is 0 Å². The van der Waals surface area contributed by atoms with Gasteiger partial charge in [-0.05, 0) is 34.3 Å². The van der Waals surface area contributed by atoms with Gasteiger partial charge in [-0.15, -0.1) is 0 Å². The Hall–Kier alpha value is -2.10. The third-order valence-corrected chi connectivity index (χ3v) is 4.74. The largest absolute Gasteiger partial charge is 0.459 e. The molecule has 0 saturated heterocycles. The molecule has 0 amide bonds. The third-order valence-electron chi connectivity index (χ3n) is 4.74. The Kier molecular flexibility index (Phi) is 3.25. The van der Waals surface area contributed by atoms with Crippen molar-refractivity contribution < 1.29 is 10.0 Å². The topological polar surface area (TPSA) is 40.5 Å². The molecule has 3 heteroatoms. The Balaban J connectivity index is 1.85. The van der Waals surface area contributed by atoms with E-state index in [4.69, 9.17) is 0 Å².